The lowest BCUT2D eigenvalue weighted by Gasteiger charge is -2.38. The minimum absolute atomic E-state index is 0.559. The van der Waals surface area contributed by atoms with Crippen molar-refractivity contribution in [3.8, 4) is 0 Å². The van der Waals surface area contributed by atoms with Gasteiger partial charge in [0.25, 0.3) is 0 Å². The van der Waals surface area contributed by atoms with E-state index in [2.05, 4.69) is 31.4 Å². The van der Waals surface area contributed by atoms with E-state index in [1.54, 1.807) is 0 Å². The van der Waals surface area contributed by atoms with Gasteiger partial charge in [-0.15, -0.1) is 0 Å². The van der Waals surface area contributed by atoms with Crippen molar-refractivity contribution in [3.63, 3.8) is 0 Å². The van der Waals surface area contributed by atoms with Gasteiger partial charge in [0, 0.05) is 13.1 Å². The smallest absolute Gasteiger partial charge is 0.00768 e. The minimum atomic E-state index is 0.559. The Morgan fingerprint density at radius 3 is 2.53 bits per heavy atom. The van der Waals surface area contributed by atoms with E-state index in [1.165, 1.54) is 32.2 Å². The lowest BCUT2D eigenvalue weighted by atomic mass is 9.69. The zero-order valence-corrected chi connectivity index (χ0v) is 10.7. The molecule has 1 aliphatic carbocycles. The second-order valence-corrected chi connectivity index (χ2v) is 5.49. The van der Waals surface area contributed by atoms with Crippen LogP contribution in [0.5, 0.6) is 0 Å². The van der Waals surface area contributed by atoms with Crippen LogP contribution in [0.3, 0.4) is 0 Å². The van der Waals surface area contributed by atoms with Crippen LogP contribution in [0, 0.1) is 11.3 Å². The van der Waals surface area contributed by atoms with E-state index in [9.17, 15) is 0 Å². The van der Waals surface area contributed by atoms with Crippen molar-refractivity contribution in [3.05, 3.63) is 0 Å². The van der Waals surface area contributed by atoms with Gasteiger partial charge in [-0.2, -0.15) is 0 Å². The third kappa shape index (κ3) is 4.52. The maximum atomic E-state index is 3.58. The van der Waals surface area contributed by atoms with E-state index in [4.69, 9.17) is 0 Å². The second-order valence-electron chi connectivity index (χ2n) is 5.49. The summed E-state index contributed by atoms with van der Waals surface area (Å²) >= 11 is 0. The molecular formula is C13H28N2. The average Bonchev–Trinajstić information content (AvgIpc) is 2.19. The van der Waals surface area contributed by atoms with Crippen LogP contribution in [0.1, 0.15) is 46.5 Å². The van der Waals surface area contributed by atoms with E-state index in [1.807, 2.05) is 0 Å². The molecule has 0 aromatic carbocycles. The molecule has 1 fully saturated rings. The van der Waals surface area contributed by atoms with Crippen molar-refractivity contribution in [2.75, 3.05) is 26.2 Å². The highest BCUT2D eigenvalue weighted by molar-refractivity contribution is 4.83. The maximum absolute atomic E-state index is 3.58. The molecule has 15 heavy (non-hydrogen) atoms. The molecule has 0 aromatic rings. The highest BCUT2D eigenvalue weighted by Gasteiger charge is 2.31. The van der Waals surface area contributed by atoms with Gasteiger partial charge in [-0.05, 0) is 37.3 Å². The monoisotopic (exact) mass is 212 g/mol. The van der Waals surface area contributed by atoms with Crippen LogP contribution in [0.25, 0.3) is 0 Å². The normalized spacial score (nSPS) is 25.4. The highest BCUT2D eigenvalue weighted by atomic mass is 14.9. The number of nitrogens with one attached hydrogen (secondary N) is 2. The Kier molecular flexibility index (Phi) is 5.62. The number of likely N-dealkylation sites (N-methyl/N-ethyl adjacent to an activating group) is 1. The fourth-order valence-corrected chi connectivity index (χ4v) is 2.57. The van der Waals surface area contributed by atoms with E-state index in [0.29, 0.717) is 5.41 Å². The Balaban J connectivity index is 2.13. The van der Waals surface area contributed by atoms with E-state index in [0.717, 1.165) is 25.6 Å². The molecule has 90 valence electrons. The first-order valence-electron chi connectivity index (χ1n) is 6.58. The van der Waals surface area contributed by atoms with E-state index in [-0.39, 0.29) is 0 Å². The summed E-state index contributed by atoms with van der Waals surface area (Å²) in [5, 5.41) is 6.93. The summed E-state index contributed by atoms with van der Waals surface area (Å²) in [5.41, 5.74) is 0.559. The molecule has 0 saturated heterocycles. The Labute approximate surface area is 95.2 Å². The standard InChI is InChI=1S/C13H28N2/c1-4-14-9-10-15-11-12-7-5-6-8-13(12,2)3/h12,14-15H,4-11H2,1-3H3. The molecular weight excluding hydrogens is 184 g/mol. The van der Waals surface area contributed by atoms with Gasteiger partial charge in [-0.3, -0.25) is 0 Å². The van der Waals surface area contributed by atoms with Crippen molar-refractivity contribution in [1.82, 2.24) is 10.6 Å². The van der Waals surface area contributed by atoms with Crippen LogP contribution >= 0.6 is 0 Å². The molecule has 1 unspecified atom stereocenters. The summed E-state index contributed by atoms with van der Waals surface area (Å²) in [6.45, 7) is 11.5. The second kappa shape index (κ2) is 6.49. The minimum Gasteiger partial charge on any atom is -0.316 e. The molecule has 0 bridgehead atoms. The Morgan fingerprint density at radius 1 is 1.13 bits per heavy atom. The van der Waals surface area contributed by atoms with Crippen LogP contribution in [0.15, 0.2) is 0 Å². The topological polar surface area (TPSA) is 24.1 Å². The van der Waals surface area contributed by atoms with Crippen molar-refractivity contribution >= 4 is 0 Å². The summed E-state index contributed by atoms with van der Waals surface area (Å²) in [5.74, 6) is 0.882. The van der Waals surface area contributed by atoms with Crippen molar-refractivity contribution < 1.29 is 0 Å². The fraction of sp³-hybridized carbons (Fsp3) is 1.00. The highest BCUT2D eigenvalue weighted by Crippen LogP contribution is 2.39. The predicted molar refractivity (Wildman–Crippen MR) is 67.2 cm³/mol. The van der Waals surface area contributed by atoms with Crippen LogP contribution < -0.4 is 10.6 Å². The third-order valence-corrected chi connectivity index (χ3v) is 3.85. The SMILES string of the molecule is CCNCCNCC1CCCCC1(C)C. The van der Waals surface area contributed by atoms with Crippen molar-refractivity contribution in [2.24, 2.45) is 11.3 Å². The Bertz CT molecular complexity index is 166. The van der Waals surface area contributed by atoms with Crippen LogP contribution in [0.2, 0.25) is 0 Å². The molecule has 2 heteroatoms. The van der Waals surface area contributed by atoms with Gasteiger partial charge in [-0.25, -0.2) is 0 Å². The van der Waals surface area contributed by atoms with Gasteiger partial charge in [-0.1, -0.05) is 33.6 Å². The van der Waals surface area contributed by atoms with Crippen molar-refractivity contribution in [1.29, 1.82) is 0 Å². The fourth-order valence-electron chi connectivity index (χ4n) is 2.57. The number of hydrogen-bond donors (Lipinski definition) is 2. The molecule has 0 heterocycles. The number of rotatable bonds is 6. The quantitative estimate of drug-likeness (QED) is 0.661. The molecule has 0 radical (unpaired) electrons. The molecule has 1 aliphatic rings. The van der Waals surface area contributed by atoms with Gasteiger partial charge in [0.2, 0.25) is 0 Å². The van der Waals surface area contributed by atoms with Crippen LogP contribution in [-0.4, -0.2) is 26.2 Å². The van der Waals surface area contributed by atoms with E-state index < -0.39 is 0 Å². The lowest BCUT2D eigenvalue weighted by Crippen LogP contribution is -2.38. The lowest BCUT2D eigenvalue weighted by molar-refractivity contribution is 0.136. The van der Waals surface area contributed by atoms with Gasteiger partial charge >= 0.3 is 0 Å². The first-order valence-corrected chi connectivity index (χ1v) is 6.58. The molecule has 2 N–H and O–H groups in total. The van der Waals surface area contributed by atoms with Crippen LogP contribution in [-0.2, 0) is 0 Å². The Hall–Kier alpha value is -0.0800. The summed E-state index contributed by atoms with van der Waals surface area (Å²) in [7, 11) is 0. The summed E-state index contributed by atoms with van der Waals surface area (Å²) < 4.78 is 0. The first kappa shape index (κ1) is 13.0. The zero-order chi connectivity index (χ0) is 11.1. The van der Waals surface area contributed by atoms with Crippen molar-refractivity contribution in [2.45, 2.75) is 46.5 Å². The van der Waals surface area contributed by atoms with E-state index >= 15 is 0 Å². The van der Waals surface area contributed by atoms with Crippen LogP contribution in [0.4, 0.5) is 0 Å². The molecule has 2 nitrogen and oxygen atoms in total. The third-order valence-electron chi connectivity index (χ3n) is 3.85. The number of hydrogen-bond acceptors (Lipinski definition) is 2. The molecule has 0 aliphatic heterocycles. The predicted octanol–water partition coefficient (Wildman–Crippen LogP) is 2.40. The molecule has 1 atom stereocenters. The molecule has 0 aromatic heterocycles. The average molecular weight is 212 g/mol. The largest absolute Gasteiger partial charge is 0.316 e. The van der Waals surface area contributed by atoms with Gasteiger partial charge in [0.1, 0.15) is 0 Å². The summed E-state index contributed by atoms with van der Waals surface area (Å²) in [6, 6.07) is 0. The first-order chi connectivity index (χ1) is 7.17. The van der Waals surface area contributed by atoms with Gasteiger partial charge in [0.15, 0.2) is 0 Å². The molecule has 0 amide bonds. The summed E-state index contributed by atoms with van der Waals surface area (Å²) in [6.07, 6.45) is 5.69. The molecule has 1 rings (SSSR count). The molecule has 0 spiro atoms. The molecule has 1 saturated carbocycles. The van der Waals surface area contributed by atoms with Gasteiger partial charge < -0.3 is 10.6 Å². The zero-order valence-electron chi connectivity index (χ0n) is 10.7. The summed E-state index contributed by atoms with van der Waals surface area (Å²) in [4.78, 5) is 0. The Morgan fingerprint density at radius 2 is 1.87 bits per heavy atom. The maximum Gasteiger partial charge on any atom is 0.00768 e. The van der Waals surface area contributed by atoms with Gasteiger partial charge in [0.05, 0.1) is 0 Å².